The van der Waals surface area contributed by atoms with E-state index in [-0.39, 0.29) is 23.9 Å². The molecule has 4 heterocycles. The Balaban J connectivity index is 1.43. The van der Waals surface area contributed by atoms with Gasteiger partial charge in [0.05, 0.1) is 24.9 Å². The van der Waals surface area contributed by atoms with Crippen LogP contribution in [-0.4, -0.2) is 40.9 Å². The van der Waals surface area contributed by atoms with Crippen molar-refractivity contribution in [3.05, 3.63) is 46.1 Å². The first-order valence-electron chi connectivity index (χ1n) is 12.1. The number of hydrogen-bond donors (Lipinski definition) is 2. The van der Waals surface area contributed by atoms with E-state index < -0.39 is 27.8 Å². The van der Waals surface area contributed by atoms with Crippen LogP contribution in [0.15, 0.2) is 39.5 Å². The van der Waals surface area contributed by atoms with Crippen molar-refractivity contribution in [2.24, 2.45) is 16.7 Å². The molecule has 1 aromatic heterocycles. The number of rotatable bonds is 2. The first kappa shape index (κ1) is 22.1. The smallest absolute Gasteiger partial charge is 0.292 e. The molecule has 7 nitrogen and oxygen atoms in total. The standard InChI is InChI=1S/C27H32O7/c1-23(2)26(29)11-9-24(3)21(25(26)10-12-27(23,30)32-15-25)13-18-19(28)14-20(33-22(18)34-24)16-5-7-17(31-4)8-6-16/h5-8,14,21,29-30H,9-13,15H2,1-4H3/t21-,24-,25-,26-,27-/m1/s1. The van der Waals surface area contributed by atoms with Gasteiger partial charge in [-0.15, -0.1) is 0 Å². The molecule has 2 saturated heterocycles. The van der Waals surface area contributed by atoms with Crippen molar-refractivity contribution in [2.75, 3.05) is 13.7 Å². The third kappa shape index (κ3) is 2.50. The highest BCUT2D eigenvalue weighted by atomic mass is 16.6. The van der Waals surface area contributed by atoms with Gasteiger partial charge in [0.2, 0.25) is 0 Å². The van der Waals surface area contributed by atoms with Crippen LogP contribution < -0.4 is 14.9 Å². The van der Waals surface area contributed by atoms with Gasteiger partial charge in [0, 0.05) is 34.8 Å². The van der Waals surface area contributed by atoms with Crippen LogP contribution in [0.3, 0.4) is 0 Å². The summed E-state index contributed by atoms with van der Waals surface area (Å²) in [5.41, 5.74) is -2.08. The van der Waals surface area contributed by atoms with Gasteiger partial charge in [-0.1, -0.05) is 13.8 Å². The predicted molar refractivity (Wildman–Crippen MR) is 124 cm³/mol. The van der Waals surface area contributed by atoms with E-state index in [1.54, 1.807) is 7.11 Å². The molecular formula is C27H32O7. The summed E-state index contributed by atoms with van der Waals surface area (Å²) in [6.07, 6.45) is 2.59. The Morgan fingerprint density at radius 2 is 1.76 bits per heavy atom. The summed E-state index contributed by atoms with van der Waals surface area (Å²) in [5.74, 6) is -0.0607. The van der Waals surface area contributed by atoms with E-state index in [0.29, 0.717) is 43.4 Å². The Labute approximate surface area is 198 Å². The van der Waals surface area contributed by atoms with Crippen LogP contribution in [0.1, 0.15) is 52.0 Å². The molecule has 5 aliphatic rings. The van der Waals surface area contributed by atoms with Gasteiger partial charge in [-0.3, -0.25) is 4.79 Å². The van der Waals surface area contributed by atoms with Crippen molar-refractivity contribution in [3.63, 3.8) is 0 Å². The van der Waals surface area contributed by atoms with Crippen molar-refractivity contribution in [3.8, 4) is 23.0 Å². The van der Waals surface area contributed by atoms with Gasteiger partial charge < -0.3 is 28.8 Å². The van der Waals surface area contributed by atoms with Crippen LogP contribution in [-0.2, 0) is 11.2 Å². The molecule has 4 fully saturated rings. The fraction of sp³-hybridized carbons (Fsp3) is 0.593. The average Bonchev–Trinajstić information content (AvgIpc) is 2.81. The van der Waals surface area contributed by atoms with E-state index in [1.165, 1.54) is 6.07 Å². The van der Waals surface area contributed by atoms with Crippen LogP contribution in [0.5, 0.6) is 11.7 Å². The molecule has 2 N–H and O–H groups in total. The average molecular weight is 469 g/mol. The van der Waals surface area contributed by atoms with Crippen molar-refractivity contribution < 1.29 is 28.8 Å². The molecule has 7 rings (SSSR count). The minimum absolute atomic E-state index is 0.136. The van der Waals surface area contributed by atoms with Gasteiger partial charge in [-0.2, -0.15) is 0 Å². The van der Waals surface area contributed by atoms with Gasteiger partial charge in [-0.05, 0) is 56.9 Å². The summed E-state index contributed by atoms with van der Waals surface area (Å²) in [7, 11) is 1.61. The maximum Gasteiger partial charge on any atom is 0.292 e. The highest BCUT2D eigenvalue weighted by molar-refractivity contribution is 5.59. The summed E-state index contributed by atoms with van der Waals surface area (Å²) < 4.78 is 23.9. The lowest BCUT2D eigenvalue weighted by atomic mass is 9.39. The van der Waals surface area contributed by atoms with E-state index in [9.17, 15) is 15.0 Å². The molecule has 2 bridgehead atoms. The molecule has 0 amide bonds. The monoisotopic (exact) mass is 468 g/mol. The second-order valence-corrected chi connectivity index (χ2v) is 11.4. The van der Waals surface area contributed by atoms with Crippen LogP contribution in [0.25, 0.3) is 11.3 Å². The number of aliphatic hydroxyl groups is 2. The third-order valence-corrected chi connectivity index (χ3v) is 9.82. The molecular weight excluding hydrogens is 436 g/mol. The number of hydrogen-bond acceptors (Lipinski definition) is 7. The summed E-state index contributed by atoms with van der Waals surface area (Å²) in [6, 6.07) is 8.86. The van der Waals surface area contributed by atoms with E-state index in [0.717, 1.165) is 11.3 Å². The highest BCUT2D eigenvalue weighted by Gasteiger charge is 2.78. The lowest BCUT2D eigenvalue weighted by Crippen LogP contribution is -2.81. The summed E-state index contributed by atoms with van der Waals surface area (Å²) in [5, 5.41) is 23.4. The molecule has 2 saturated carbocycles. The van der Waals surface area contributed by atoms with Crippen molar-refractivity contribution in [1.82, 2.24) is 0 Å². The SMILES string of the molecule is COc1ccc(-c2cc(=O)c3c(o2)O[C@]2(C)CC[C@@]4(O)C(C)(C)[C@@]5(O)CC[C@@]4(CO5)[C@@H]2C3)cc1. The van der Waals surface area contributed by atoms with Crippen molar-refractivity contribution in [1.29, 1.82) is 0 Å². The van der Waals surface area contributed by atoms with Crippen molar-refractivity contribution in [2.45, 2.75) is 69.9 Å². The van der Waals surface area contributed by atoms with Crippen LogP contribution in [0.4, 0.5) is 0 Å². The fourth-order valence-electron chi connectivity index (χ4n) is 7.47. The molecule has 1 aromatic carbocycles. The molecule has 2 aliphatic carbocycles. The zero-order valence-corrected chi connectivity index (χ0v) is 20.1. The number of benzene rings is 1. The molecule has 0 unspecified atom stereocenters. The summed E-state index contributed by atoms with van der Waals surface area (Å²) in [4.78, 5) is 13.3. The molecule has 0 radical (unpaired) electrons. The summed E-state index contributed by atoms with van der Waals surface area (Å²) >= 11 is 0. The van der Waals surface area contributed by atoms with Crippen LogP contribution in [0.2, 0.25) is 0 Å². The Morgan fingerprint density at radius 3 is 2.41 bits per heavy atom. The normalized spacial score (nSPS) is 39.4. The zero-order valence-electron chi connectivity index (χ0n) is 20.1. The summed E-state index contributed by atoms with van der Waals surface area (Å²) in [6.45, 7) is 6.10. The van der Waals surface area contributed by atoms with Gasteiger partial charge in [-0.25, -0.2) is 0 Å². The molecule has 1 spiro atoms. The van der Waals surface area contributed by atoms with Gasteiger partial charge in [0.15, 0.2) is 11.2 Å². The predicted octanol–water partition coefficient (Wildman–Crippen LogP) is 3.68. The quantitative estimate of drug-likeness (QED) is 0.694. The Kier molecular flexibility index (Phi) is 4.33. The maximum absolute atomic E-state index is 13.3. The second kappa shape index (κ2) is 6.65. The van der Waals surface area contributed by atoms with Gasteiger partial charge in [0.25, 0.3) is 5.95 Å². The Hall–Kier alpha value is -2.35. The maximum atomic E-state index is 13.3. The lowest BCUT2D eigenvalue weighted by molar-refractivity contribution is -0.438. The van der Waals surface area contributed by atoms with Crippen LogP contribution in [0, 0.1) is 16.7 Å². The minimum Gasteiger partial charge on any atom is -0.497 e. The van der Waals surface area contributed by atoms with E-state index in [2.05, 4.69) is 6.92 Å². The first-order valence-corrected chi connectivity index (χ1v) is 12.1. The molecule has 7 heteroatoms. The topological polar surface area (TPSA) is 98.4 Å². The van der Waals surface area contributed by atoms with Gasteiger partial charge >= 0.3 is 0 Å². The Bertz CT molecular complexity index is 1200. The first-order chi connectivity index (χ1) is 16.0. The zero-order chi connectivity index (χ0) is 24.1. The molecule has 5 atom stereocenters. The minimum atomic E-state index is -1.35. The number of ether oxygens (including phenoxy) is 3. The van der Waals surface area contributed by atoms with Crippen LogP contribution >= 0.6 is 0 Å². The van der Waals surface area contributed by atoms with E-state index in [1.807, 2.05) is 38.1 Å². The molecule has 3 aliphatic heterocycles. The van der Waals surface area contributed by atoms with E-state index >= 15 is 0 Å². The molecule has 2 aromatic rings. The Morgan fingerprint density at radius 1 is 1.03 bits per heavy atom. The number of fused-ring (bicyclic) bond motifs is 4. The van der Waals surface area contributed by atoms with Crippen molar-refractivity contribution >= 4 is 0 Å². The van der Waals surface area contributed by atoms with E-state index in [4.69, 9.17) is 18.6 Å². The largest absolute Gasteiger partial charge is 0.497 e. The fourth-order valence-corrected chi connectivity index (χ4v) is 7.47. The third-order valence-electron chi connectivity index (χ3n) is 9.82. The molecule has 182 valence electrons. The van der Waals surface area contributed by atoms with Gasteiger partial charge in [0.1, 0.15) is 17.1 Å². The number of methoxy groups -OCH3 is 1. The highest BCUT2D eigenvalue weighted by Crippen LogP contribution is 2.71. The molecule has 34 heavy (non-hydrogen) atoms. The lowest BCUT2D eigenvalue weighted by Gasteiger charge is -2.74. The second-order valence-electron chi connectivity index (χ2n) is 11.4.